The number of piperidine rings is 1. The number of aromatic nitrogens is 2. The van der Waals surface area contributed by atoms with E-state index in [-0.39, 0.29) is 11.8 Å². The summed E-state index contributed by atoms with van der Waals surface area (Å²) in [5.74, 6) is 2.14. The molecule has 0 spiro atoms. The molecule has 0 bridgehead atoms. The summed E-state index contributed by atoms with van der Waals surface area (Å²) in [6.45, 7) is 8.12. The van der Waals surface area contributed by atoms with Gasteiger partial charge in [-0.05, 0) is 86.5 Å². The van der Waals surface area contributed by atoms with Crippen LogP contribution in [0.4, 0.5) is 5.82 Å². The fourth-order valence-electron chi connectivity index (χ4n) is 5.05. The summed E-state index contributed by atoms with van der Waals surface area (Å²) in [5, 5.41) is 15.3. The van der Waals surface area contributed by atoms with Crippen LogP contribution in [0.2, 0.25) is 0 Å². The van der Waals surface area contributed by atoms with Crippen molar-refractivity contribution in [3.63, 3.8) is 0 Å². The molecule has 9 nitrogen and oxygen atoms in total. The highest BCUT2D eigenvalue weighted by atomic mass is 16.5. The Morgan fingerprint density at radius 3 is 2.71 bits per heavy atom. The van der Waals surface area contributed by atoms with Crippen LogP contribution in [0.1, 0.15) is 45.1 Å². The van der Waals surface area contributed by atoms with Crippen molar-refractivity contribution in [2.75, 3.05) is 38.6 Å². The highest BCUT2D eigenvalue weighted by Crippen LogP contribution is 2.27. The quantitative estimate of drug-likeness (QED) is 0.184. The van der Waals surface area contributed by atoms with Crippen LogP contribution in [0, 0.1) is 17.2 Å². The minimum Gasteiger partial charge on any atom is -0.493 e. The molecule has 1 atom stereocenters. The van der Waals surface area contributed by atoms with Gasteiger partial charge in [0.15, 0.2) is 0 Å². The first-order valence-corrected chi connectivity index (χ1v) is 14.5. The first-order valence-electron chi connectivity index (χ1n) is 14.5. The zero-order chi connectivity index (χ0) is 29.2. The van der Waals surface area contributed by atoms with Crippen LogP contribution in [0.5, 0.6) is 0 Å². The van der Waals surface area contributed by atoms with E-state index in [2.05, 4.69) is 46.5 Å². The lowest BCUT2D eigenvalue weighted by Crippen LogP contribution is -2.32. The van der Waals surface area contributed by atoms with Gasteiger partial charge in [-0.2, -0.15) is 0 Å². The van der Waals surface area contributed by atoms with Gasteiger partial charge in [0.2, 0.25) is 0 Å². The molecule has 2 aromatic rings. The molecule has 1 saturated heterocycles. The number of pyridine rings is 2. The number of rotatable bonds is 12. The van der Waals surface area contributed by atoms with Gasteiger partial charge in [-0.15, -0.1) is 0 Å². The second kappa shape index (κ2) is 14.5. The Labute approximate surface area is 243 Å². The number of hydrogen-bond donors (Lipinski definition) is 5. The third-order valence-corrected chi connectivity index (χ3v) is 7.44. The molecule has 1 fully saturated rings. The molecule has 2 aliphatic rings. The molecule has 0 aromatic carbocycles. The van der Waals surface area contributed by atoms with Crippen LogP contribution >= 0.6 is 0 Å². The Bertz CT molecular complexity index is 1370. The number of anilines is 1. The Balaban J connectivity index is 1.43. The van der Waals surface area contributed by atoms with E-state index in [0.29, 0.717) is 35.9 Å². The van der Waals surface area contributed by atoms with Gasteiger partial charge >= 0.3 is 0 Å². The van der Waals surface area contributed by atoms with Crippen molar-refractivity contribution in [2.45, 2.75) is 39.5 Å². The van der Waals surface area contributed by atoms with Crippen molar-refractivity contribution in [1.29, 1.82) is 5.41 Å². The molecule has 1 unspecified atom stereocenters. The molecule has 1 aliphatic carbocycles. The molecule has 9 heteroatoms. The second-order valence-corrected chi connectivity index (χ2v) is 10.8. The summed E-state index contributed by atoms with van der Waals surface area (Å²) < 4.78 is 6.02. The van der Waals surface area contributed by atoms with Crippen LogP contribution in [0.3, 0.4) is 0 Å². The normalized spacial score (nSPS) is 18.9. The van der Waals surface area contributed by atoms with Crippen molar-refractivity contribution in [3.05, 3.63) is 83.8 Å². The maximum Gasteiger partial charge on any atom is 0.132 e. The maximum atomic E-state index is 9.04. The molecule has 1 aliphatic heterocycles. The van der Waals surface area contributed by atoms with Crippen LogP contribution in [-0.4, -0.2) is 53.9 Å². The van der Waals surface area contributed by atoms with E-state index in [1.807, 2.05) is 43.6 Å². The highest BCUT2D eigenvalue weighted by Gasteiger charge is 2.20. The lowest BCUT2D eigenvalue weighted by Gasteiger charge is -2.26. The fraction of sp³-hybridized carbons (Fsp3) is 0.406. The molecular formula is C32H44N8O. The van der Waals surface area contributed by atoms with E-state index in [1.165, 1.54) is 32.4 Å². The monoisotopic (exact) mass is 556 g/mol. The Morgan fingerprint density at radius 1 is 1.22 bits per heavy atom. The van der Waals surface area contributed by atoms with Crippen LogP contribution in [0.15, 0.2) is 78.3 Å². The zero-order valence-electron chi connectivity index (χ0n) is 24.5. The van der Waals surface area contributed by atoms with Crippen LogP contribution < -0.4 is 22.1 Å². The van der Waals surface area contributed by atoms with Gasteiger partial charge in [0.05, 0.1) is 11.0 Å². The molecule has 0 radical (unpaired) electrons. The van der Waals surface area contributed by atoms with Crippen molar-refractivity contribution in [3.8, 4) is 0 Å². The fourth-order valence-corrected chi connectivity index (χ4v) is 5.05. The zero-order valence-corrected chi connectivity index (χ0v) is 24.5. The van der Waals surface area contributed by atoms with E-state index in [9.17, 15) is 0 Å². The average molecular weight is 557 g/mol. The molecule has 0 amide bonds. The number of nitrogens with zero attached hydrogens (tertiary/aromatic N) is 3. The number of hydrogen-bond acceptors (Lipinski definition) is 9. The smallest absolute Gasteiger partial charge is 0.132 e. The van der Waals surface area contributed by atoms with Crippen molar-refractivity contribution < 1.29 is 4.74 Å². The summed E-state index contributed by atoms with van der Waals surface area (Å²) >= 11 is 0. The number of allylic oxidation sites excluding steroid dienone is 6. The standard InChI is InChI=1S/C32H44N8O/c1-22(2)24(19-33)18-30(34)39-31-12-11-28-29(38-31)17-25(20-37-28)27(21-36-3)32(35)23-7-9-26(10-8-23)41-16-15-40-13-5-4-6-14-40/h7,9-12,17-23,35-36H,4-6,8,13-16,33-34H2,1-3H3,(H,38,39)/b24-19+,27-21-,30-18+,35-32?. The van der Waals surface area contributed by atoms with Gasteiger partial charge < -0.3 is 32.2 Å². The van der Waals surface area contributed by atoms with Crippen molar-refractivity contribution >= 4 is 28.1 Å². The minimum atomic E-state index is -0.0589. The molecule has 4 rings (SSSR count). The molecule has 0 saturated carbocycles. The van der Waals surface area contributed by atoms with Gasteiger partial charge in [-0.1, -0.05) is 26.3 Å². The molecule has 41 heavy (non-hydrogen) atoms. The van der Waals surface area contributed by atoms with E-state index in [4.69, 9.17) is 26.6 Å². The van der Waals surface area contributed by atoms with Gasteiger partial charge in [-0.25, -0.2) is 4.98 Å². The lowest BCUT2D eigenvalue weighted by atomic mass is 9.88. The van der Waals surface area contributed by atoms with Crippen LogP contribution in [0.25, 0.3) is 16.6 Å². The molecular weight excluding hydrogens is 512 g/mol. The summed E-state index contributed by atoms with van der Waals surface area (Å²) in [6.07, 6.45) is 17.8. The SMILES string of the molecule is CN/C=C(\C(=N)C1C=CC(OCCN2CCCCC2)=CC1)c1cnc2ccc(N/C(N)=C/C(=C\N)C(C)C)nc2c1. The number of nitrogens with one attached hydrogen (secondary N) is 3. The van der Waals surface area contributed by atoms with Gasteiger partial charge in [0.25, 0.3) is 0 Å². The van der Waals surface area contributed by atoms with E-state index >= 15 is 0 Å². The summed E-state index contributed by atoms with van der Waals surface area (Å²) in [4.78, 5) is 11.8. The lowest BCUT2D eigenvalue weighted by molar-refractivity contribution is 0.147. The first kappa shape index (κ1) is 29.9. The maximum absolute atomic E-state index is 9.04. The van der Waals surface area contributed by atoms with Crippen molar-refractivity contribution in [2.24, 2.45) is 23.3 Å². The number of fused-ring (bicyclic) bond motifs is 1. The van der Waals surface area contributed by atoms with E-state index in [1.54, 1.807) is 12.4 Å². The number of nitrogens with two attached hydrogens (primary N) is 2. The molecule has 218 valence electrons. The van der Waals surface area contributed by atoms with Crippen molar-refractivity contribution in [1.82, 2.24) is 20.2 Å². The van der Waals surface area contributed by atoms with E-state index < -0.39 is 0 Å². The van der Waals surface area contributed by atoms with Gasteiger partial charge in [0, 0.05) is 48.8 Å². The predicted octanol–water partition coefficient (Wildman–Crippen LogP) is 4.88. The van der Waals surface area contributed by atoms with Gasteiger partial charge in [0.1, 0.15) is 24.0 Å². The summed E-state index contributed by atoms with van der Waals surface area (Å²) in [5.41, 5.74) is 16.4. The molecule has 7 N–H and O–H groups in total. The third-order valence-electron chi connectivity index (χ3n) is 7.44. The molecule has 3 heterocycles. The predicted molar refractivity (Wildman–Crippen MR) is 169 cm³/mol. The second-order valence-electron chi connectivity index (χ2n) is 10.8. The average Bonchev–Trinajstić information content (AvgIpc) is 2.98. The molecule has 2 aromatic heterocycles. The Kier molecular flexibility index (Phi) is 10.6. The Hall–Kier alpha value is -4.11. The number of likely N-dealkylation sites (tertiary alicyclic amines) is 1. The summed E-state index contributed by atoms with van der Waals surface area (Å²) in [7, 11) is 1.84. The van der Waals surface area contributed by atoms with E-state index in [0.717, 1.165) is 34.5 Å². The van der Waals surface area contributed by atoms with Crippen LogP contribution in [-0.2, 0) is 4.74 Å². The first-order chi connectivity index (χ1) is 19.9. The van der Waals surface area contributed by atoms with Gasteiger partial charge in [-0.3, -0.25) is 9.88 Å². The summed E-state index contributed by atoms with van der Waals surface area (Å²) in [6, 6.07) is 5.70. The topological polar surface area (TPSA) is 138 Å². The largest absolute Gasteiger partial charge is 0.493 e. The highest BCUT2D eigenvalue weighted by molar-refractivity contribution is 6.24. The Morgan fingerprint density at radius 2 is 2.02 bits per heavy atom. The minimum absolute atomic E-state index is 0.0589. The number of ether oxygens (including phenoxy) is 1. The third kappa shape index (κ3) is 8.20.